The van der Waals surface area contributed by atoms with E-state index >= 15 is 0 Å². The average molecular weight is 219 g/mol. The maximum atomic E-state index is 11.1. The lowest BCUT2D eigenvalue weighted by Gasteiger charge is -2.23. The van der Waals surface area contributed by atoms with E-state index in [-0.39, 0.29) is 0 Å². The first-order valence-corrected chi connectivity index (χ1v) is 6.34. The Balaban J connectivity index is 2.16. The van der Waals surface area contributed by atoms with Crippen molar-refractivity contribution in [3.63, 3.8) is 0 Å². The maximum absolute atomic E-state index is 11.1. The molecule has 1 aliphatic rings. The van der Waals surface area contributed by atoms with E-state index in [1.54, 1.807) is 0 Å². The van der Waals surface area contributed by atoms with E-state index in [0.29, 0.717) is 0 Å². The van der Waals surface area contributed by atoms with Gasteiger partial charge in [0.2, 0.25) is 0 Å². The minimum absolute atomic E-state index is 0.776. The summed E-state index contributed by atoms with van der Waals surface area (Å²) in [5, 5.41) is 0. The van der Waals surface area contributed by atoms with Crippen LogP contribution in [0.1, 0.15) is 53.8 Å². The summed E-state index contributed by atoms with van der Waals surface area (Å²) in [6.45, 7) is 5.16. The standard InChI is InChI=1S/C14H21NO/c1-11-8-12(2)15(14(11)10-16)9-13-6-4-3-5-7-13/h8,10,13H,3-7,9H2,1-2H3. The molecule has 16 heavy (non-hydrogen) atoms. The molecular formula is C14H21NO. The first kappa shape index (κ1) is 11.4. The zero-order valence-electron chi connectivity index (χ0n) is 10.3. The highest BCUT2D eigenvalue weighted by Crippen LogP contribution is 2.26. The van der Waals surface area contributed by atoms with Crippen LogP contribution in [0.3, 0.4) is 0 Å². The Labute approximate surface area is 97.7 Å². The fourth-order valence-electron chi connectivity index (χ4n) is 2.89. The molecule has 2 heteroatoms. The number of carbonyl (C=O) groups is 1. The largest absolute Gasteiger partial charge is 0.342 e. The van der Waals surface area contributed by atoms with Gasteiger partial charge in [-0.3, -0.25) is 4.79 Å². The van der Waals surface area contributed by atoms with Gasteiger partial charge >= 0.3 is 0 Å². The predicted octanol–water partition coefficient (Wildman–Crippen LogP) is 3.50. The molecule has 1 fully saturated rings. The maximum Gasteiger partial charge on any atom is 0.166 e. The molecule has 0 spiro atoms. The third-order valence-corrected chi connectivity index (χ3v) is 3.82. The van der Waals surface area contributed by atoms with Crippen LogP contribution in [-0.2, 0) is 6.54 Å². The Morgan fingerprint density at radius 1 is 1.31 bits per heavy atom. The first-order chi connectivity index (χ1) is 7.72. The highest BCUT2D eigenvalue weighted by atomic mass is 16.1. The Morgan fingerprint density at radius 2 is 2.00 bits per heavy atom. The van der Waals surface area contributed by atoms with Crippen LogP contribution in [0.15, 0.2) is 6.07 Å². The molecule has 0 N–H and O–H groups in total. The minimum atomic E-state index is 0.776. The Bertz CT molecular complexity index is 372. The van der Waals surface area contributed by atoms with E-state index in [9.17, 15) is 4.79 Å². The van der Waals surface area contributed by atoms with Gasteiger partial charge in [0.15, 0.2) is 6.29 Å². The summed E-state index contributed by atoms with van der Waals surface area (Å²) in [6, 6.07) is 2.12. The van der Waals surface area contributed by atoms with Gasteiger partial charge in [0, 0.05) is 12.2 Å². The van der Waals surface area contributed by atoms with Gasteiger partial charge in [-0.05, 0) is 44.2 Å². The quantitative estimate of drug-likeness (QED) is 0.713. The van der Waals surface area contributed by atoms with Crippen molar-refractivity contribution in [3.8, 4) is 0 Å². The van der Waals surface area contributed by atoms with Crippen LogP contribution >= 0.6 is 0 Å². The van der Waals surface area contributed by atoms with Gasteiger partial charge in [-0.1, -0.05) is 19.3 Å². The van der Waals surface area contributed by atoms with Crippen molar-refractivity contribution in [3.05, 3.63) is 23.0 Å². The third-order valence-electron chi connectivity index (χ3n) is 3.82. The molecule has 1 saturated carbocycles. The van der Waals surface area contributed by atoms with Crippen LogP contribution in [0.4, 0.5) is 0 Å². The summed E-state index contributed by atoms with van der Waals surface area (Å²) >= 11 is 0. The van der Waals surface area contributed by atoms with Crippen LogP contribution in [0.25, 0.3) is 0 Å². The molecule has 0 aromatic carbocycles. The van der Waals surface area contributed by atoms with E-state index in [1.807, 2.05) is 6.92 Å². The highest BCUT2D eigenvalue weighted by Gasteiger charge is 2.17. The number of hydrogen-bond acceptors (Lipinski definition) is 1. The number of aldehydes is 1. The van der Waals surface area contributed by atoms with Gasteiger partial charge < -0.3 is 4.57 Å². The lowest BCUT2D eigenvalue weighted by atomic mass is 9.89. The van der Waals surface area contributed by atoms with Crippen molar-refractivity contribution in [2.45, 2.75) is 52.5 Å². The average Bonchev–Trinajstić information content (AvgIpc) is 2.55. The van der Waals surface area contributed by atoms with Crippen LogP contribution < -0.4 is 0 Å². The van der Waals surface area contributed by atoms with Gasteiger partial charge in [-0.15, -0.1) is 0 Å². The second-order valence-electron chi connectivity index (χ2n) is 5.09. The number of aryl methyl sites for hydroxylation is 2. The second-order valence-corrected chi connectivity index (χ2v) is 5.09. The molecule has 1 aliphatic carbocycles. The topological polar surface area (TPSA) is 22.0 Å². The van der Waals surface area contributed by atoms with E-state index < -0.39 is 0 Å². The van der Waals surface area contributed by atoms with E-state index in [2.05, 4.69) is 17.6 Å². The number of nitrogens with zero attached hydrogens (tertiary/aromatic N) is 1. The SMILES string of the molecule is Cc1cc(C)n(CC2CCCCC2)c1C=O. The molecule has 0 saturated heterocycles. The van der Waals surface area contributed by atoms with Gasteiger partial charge in [0.05, 0.1) is 5.69 Å². The van der Waals surface area contributed by atoms with Crippen molar-refractivity contribution in [1.29, 1.82) is 0 Å². The molecule has 1 aromatic heterocycles. The third kappa shape index (κ3) is 2.21. The molecule has 0 atom stereocenters. The molecule has 1 heterocycles. The summed E-state index contributed by atoms with van der Waals surface area (Å²) in [4.78, 5) is 11.1. The minimum Gasteiger partial charge on any atom is -0.342 e. The molecule has 0 radical (unpaired) electrons. The molecule has 2 rings (SSSR count). The fraction of sp³-hybridized carbons (Fsp3) is 0.643. The normalized spacial score (nSPS) is 17.6. The predicted molar refractivity (Wildman–Crippen MR) is 65.9 cm³/mol. The first-order valence-electron chi connectivity index (χ1n) is 6.34. The number of carbonyl (C=O) groups excluding carboxylic acids is 1. The second kappa shape index (κ2) is 4.86. The summed E-state index contributed by atoms with van der Waals surface area (Å²) in [5.74, 6) is 0.776. The Hall–Kier alpha value is -1.05. The van der Waals surface area contributed by atoms with Crippen molar-refractivity contribution in [2.24, 2.45) is 5.92 Å². The molecule has 0 amide bonds. The van der Waals surface area contributed by atoms with Crippen LogP contribution in [0.2, 0.25) is 0 Å². The molecule has 88 valence electrons. The number of rotatable bonds is 3. The fourth-order valence-corrected chi connectivity index (χ4v) is 2.89. The van der Waals surface area contributed by atoms with E-state index in [1.165, 1.54) is 37.8 Å². The van der Waals surface area contributed by atoms with Crippen LogP contribution in [0, 0.1) is 19.8 Å². The molecule has 0 bridgehead atoms. The summed E-state index contributed by atoms with van der Waals surface area (Å²) < 4.78 is 2.21. The van der Waals surface area contributed by atoms with Crippen molar-refractivity contribution in [2.75, 3.05) is 0 Å². The molecule has 0 unspecified atom stereocenters. The number of hydrogen-bond donors (Lipinski definition) is 0. The smallest absolute Gasteiger partial charge is 0.166 e. The van der Waals surface area contributed by atoms with Crippen LogP contribution in [0.5, 0.6) is 0 Å². The van der Waals surface area contributed by atoms with E-state index in [0.717, 1.165) is 30.0 Å². The van der Waals surface area contributed by atoms with Crippen LogP contribution in [-0.4, -0.2) is 10.9 Å². The molecular weight excluding hydrogens is 198 g/mol. The molecule has 0 aliphatic heterocycles. The zero-order chi connectivity index (χ0) is 11.5. The summed E-state index contributed by atoms with van der Waals surface area (Å²) in [5.41, 5.74) is 3.22. The molecule has 2 nitrogen and oxygen atoms in total. The van der Waals surface area contributed by atoms with E-state index in [4.69, 9.17) is 0 Å². The van der Waals surface area contributed by atoms with Gasteiger partial charge in [0.25, 0.3) is 0 Å². The Morgan fingerprint density at radius 3 is 2.62 bits per heavy atom. The van der Waals surface area contributed by atoms with Gasteiger partial charge in [-0.2, -0.15) is 0 Å². The molecule has 1 aromatic rings. The van der Waals surface area contributed by atoms with Crippen molar-refractivity contribution >= 4 is 6.29 Å². The highest BCUT2D eigenvalue weighted by molar-refractivity contribution is 5.75. The van der Waals surface area contributed by atoms with Crippen molar-refractivity contribution < 1.29 is 4.79 Å². The van der Waals surface area contributed by atoms with Gasteiger partial charge in [-0.25, -0.2) is 0 Å². The Kier molecular flexibility index (Phi) is 3.47. The van der Waals surface area contributed by atoms with Gasteiger partial charge in [0.1, 0.15) is 0 Å². The lowest BCUT2D eigenvalue weighted by Crippen LogP contribution is -2.16. The summed E-state index contributed by atoms with van der Waals surface area (Å²) in [7, 11) is 0. The van der Waals surface area contributed by atoms with Crippen molar-refractivity contribution in [1.82, 2.24) is 4.57 Å². The summed E-state index contributed by atoms with van der Waals surface area (Å²) in [6.07, 6.45) is 7.77. The monoisotopic (exact) mass is 219 g/mol. The zero-order valence-corrected chi connectivity index (χ0v) is 10.3. The lowest BCUT2D eigenvalue weighted by molar-refractivity contribution is 0.111. The number of aromatic nitrogens is 1.